The normalized spacial score (nSPS) is 11.8. The van der Waals surface area contributed by atoms with Crippen LogP contribution in [0.2, 0.25) is 0 Å². The van der Waals surface area contributed by atoms with Crippen LogP contribution < -0.4 is 5.73 Å². The van der Waals surface area contributed by atoms with Gasteiger partial charge in [-0.2, -0.15) is 0 Å². The van der Waals surface area contributed by atoms with Gasteiger partial charge in [-0.15, -0.1) is 0 Å². The van der Waals surface area contributed by atoms with Crippen LogP contribution in [0.1, 0.15) is 33.1 Å². The number of ketones is 1. The molecule has 0 saturated carbocycles. The highest BCUT2D eigenvalue weighted by Crippen LogP contribution is 2.34. The van der Waals surface area contributed by atoms with Crippen molar-refractivity contribution < 1.29 is 23.9 Å². The number of esters is 1. The highest BCUT2D eigenvalue weighted by Gasteiger charge is 2.30. The third kappa shape index (κ3) is 3.54. The molecule has 148 valence electrons. The number of methoxy groups -OCH3 is 1. The molecule has 1 unspecified atom stereocenters. The standard InChI is InChI=1S/C22H20N2O5/c1-13-18(20(26)21(23)27)19-15(16(12-25)22(28)29-2)9-6-10-17(19)24(13)11-14-7-4-3-5-8-14/h3-10,12,16H,11H2,1-2H3,(H2,23,27). The number of Topliss-reactive ketones (excluding diaryl/α,β-unsaturated/α-hetero) is 1. The average molecular weight is 392 g/mol. The Morgan fingerprint density at radius 3 is 2.38 bits per heavy atom. The van der Waals surface area contributed by atoms with E-state index >= 15 is 0 Å². The number of fused-ring (bicyclic) bond motifs is 1. The summed E-state index contributed by atoms with van der Waals surface area (Å²) >= 11 is 0. The van der Waals surface area contributed by atoms with Crippen molar-refractivity contribution >= 4 is 34.8 Å². The first-order chi connectivity index (χ1) is 13.9. The Balaban J connectivity index is 2.34. The predicted octanol–water partition coefficient (Wildman–Crippen LogP) is 2.12. The van der Waals surface area contributed by atoms with Crippen LogP contribution >= 0.6 is 0 Å². The summed E-state index contributed by atoms with van der Waals surface area (Å²) < 4.78 is 6.60. The van der Waals surface area contributed by atoms with E-state index in [0.29, 0.717) is 35.0 Å². The zero-order valence-corrected chi connectivity index (χ0v) is 16.0. The van der Waals surface area contributed by atoms with Gasteiger partial charge in [0.25, 0.3) is 11.7 Å². The lowest BCUT2D eigenvalue weighted by Crippen LogP contribution is -2.24. The molecule has 0 fully saturated rings. The van der Waals surface area contributed by atoms with E-state index < -0.39 is 23.6 Å². The molecule has 0 aliphatic heterocycles. The summed E-state index contributed by atoms with van der Waals surface area (Å²) in [5, 5.41) is 0.354. The molecule has 1 amide bonds. The number of nitrogens with zero attached hydrogens (tertiary/aromatic N) is 1. The molecule has 0 bridgehead atoms. The van der Waals surface area contributed by atoms with Crippen LogP contribution in [0.3, 0.4) is 0 Å². The summed E-state index contributed by atoms with van der Waals surface area (Å²) in [6.07, 6.45) is 0.461. The minimum Gasteiger partial charge on any atom is -0.468 e. The molecule has 7 heteroatoms. The highest BCUT2D eigenvalue weighted by atomic mass is 16.5. The minimum absolute atomic E-state index is 0.0924. The van der Waals surface area contributed by atoms with Crippen molar-refractivity contribution in [3.8, 4) is 0 Å². The van der Waals surface area contributed by atoms with Crippen molar-refractivity contribution in [2.45, 2.75) is 19.4 Å². The number of nitrogens with two attached hydrogens (primary N) is 1. The van der Waals surface area contributed by atoms with E-state index in [-0.39, 0.29) is 5.56 Å². The molecule has 7 nitrogen and oxygen atoms in total. The summed E-state index contributed by atoms with van der Waals surface area (Å²) in [4.78, 5) is 48.2. The number of carbonyl (C=O) groups excluding carboxylic acids is 4. The lowest BCUT2D eigenvalue weighted by Gasteiger charge is -2.12. The summed E-state index contributed by atoms with van der Waals surface area (Å²) in [5.74, 6) is -3.96. The van der Waals surface area contributed by atoms with Crippen LogP contribution in [0.15, 0.2) is 48.5 Å². The van der Waals surface area contributed by atoms with Gasteiger partial charge in [-0.25, -0.2) is 0 Å². The number of ether oxygens (including phenoxy) is 1. The van der Waals surface area contributed by atoms with Gasteiger partial charge in [-0.05, 0) is 24.1 Å². The van der Waals surface area contributed by atoms with Crippen molar-refractivity contribution in [3.63, 3.8) is 0 Å². The van der Waals surface area contributed by atoms with Crippen LogP contribution in [0.4, 0.5) is 0 Å². The molecule has 1 aromatic heterocycles. The molecule has 1 atom stereocenters. The molecule has 0 aliphatic carbocycles. The number of carbonyl (C=O) groups is 4. The minimum atomic E-state index is -1.23. The van der Waals surface area contributed by atoms with Crippen molar-refractivity contribution in [1.82, 2.24) is 4.57 Å². The van der Waals surface area contributed by atoms with Gasteiger partial charge in [0.1, 0.15) is 12.2 Å². The second-order valence-electron chi connectivity index (χ2n) is 6.60. The van der Waals surface area contributed by atoms with E-state index in [0.717, 1.165) is 5.56 Å². The maximum absolute atomic E-state index is 12.7. The molecule has 1 heterocycles. The van der Waals surface area contributed by atoms with E-state index in [1.807, 2.05) is 34.9 Å². The van der Waals surface area contributed by atoms with Gasteiger partial charge >= 0.3 is 5.97 Å². The molecule has 0 aliphatic rings. The second-order valence-corrected chi connectivity index (χ2v) is 6.60. The molecular weight excluding hydrogens is 372 g/mol. The van der Waals surface area contributed by atoms with Gasteiger partial charge in [-0.3, -0.25) is 14.4 Å². The van der Waals surface area contributed by atoms with Gasteiger partial charge < -0.3 is 19.8 Å². The summed E-state index contributed by atoms with van der Waals surface area (Å²) in [7, 11) is 1.18. The zero-order chi connectivity index (χ0) is 21.1. The monoisotopic (exact) mass is 392 g/mol. The second kappa shape index (κ2) is 8.10. The van der Waals surface area contributed by atoms with Gasteiger partial charge in [-0.1, -0.05) is 42.5 Å². The first-order valence-electron chi connectivity index (χ1n) is 8.93. The quantitative estimate of drug-likeness (QED) is 0.218. The first kappa shape index (κ1) is 20.0. The van der Waals surface area contributed by atoms with Crippen LogP contribution in [0.25, 0.3) is 10.9 Å². The van der Waals surface area contributed by atoms with Crippen LogP contribution in [0, 0.1) is 6.92 Å². The number of hydrogen-bond acceptors (Lipinski definition) is 5. The van der Waals surface area contributed by atoms with Crippen molar-refractivity contribution in [2.24, 2.45) is 5.73 Å². The molecule has 3 aromatic rings. The number of benzene rings is 2. The molecule has 2 N–H and O–H groups in total. The van der Waals surface area contributed by atoms with Crippen molar-refractivity contribution in [3.05, 3.63) is 70.9 Å². The number of hydrogen-bond donors (Lipinski definition) is 1. The Hall–Kier alpha value is -3.74. The van der Waals surface area contributed by atoms with E-state index in [1.165, 1.54) is 7.11 Å². The molecule has 0 radical (unpaired) electrons. The van der Waals surface area contributed by atoms with Gasteiger partial charge in [0.05, 0.1) is 12.7 Å². The lowest BCUT2D eigenvalue weighted by atomic mass is 9.93. The fraction of sp³-hybridized carbons (Fsp3) is 0.182. The summed E-state index contributed by atoms with van der Waals surface area (Å²) in [6.45, 7) is 2.14. The van der Waals surface area contributed by atoms with Gasteiger partial charge in [0.15, 0.2) is 0 Å². The fourth-order valence-electron chi connectivity index (χ4n) is 3.56. The largest absolute Gasteiger partial charge is 0.468 e. The number of rotatable bonds is 7. The molecule has 2 aromatic carbocycles. The molecule has 0 spiro atoms. The number of amides is 1. The van der Waals surface area contributed by atoms with E-state index in [9.17, 15) is 19.2 Å². The fourth-order valence-corrected chi connectivity index (χ4v) is 3.56. The Bertz CT molecular complexity index is 1120. The SMILES string of the molecule is COC(=O)C(C=O)c1cccc2c1c(C(=O)C(N)=O)c(C)n2Cc1ccccc1. The van der Waals surface area contributed by atoms with E-state index in [4.69, 9.17) is 10.5 Å². The lowest BCUT2D eigenvalue weighted by molar-refractivity contribution is -0.143. The Morgan fingerprint density at radius 2 is 1.79 bits per heavy atom. The Morgan fingerprint density at radius 1 is 1.10 bits per heavy atom. The average Bonchev–Trinajstić information content (AvgIpc) is 3.00. The summed E-state index contributed by atoms with van der Waals surface area (Å²) in [5.41, 5.74) is 7.78. The van der Waals surface area contributed by atoms with Gasteiger partial charge in [0.2, 0.25) is 0 Å². The molecular formula is C22H20N2O5. The zero-order valence-electron chi connectivity index (χ0n) is 16.0. The molecule has 3 rings (SSSR count). The van der Waals surface area contributed by atoms with Crippen molar-refractivity contribution in [2.75, 3.05) is 7.11 Å². The van der Waals surface area contributed by atoms with Crippen LogP contribution in [-0.2, 0) is 25.7 Å². The number of aldehydes is 1. The maximum Gasteiger partial charge on any atom is 0.320 e. The predicted molar refractivity (Wildman–Crippen MR) is 107 cm³/mol. The number of primary amides is 1. The Labute approximate surface area is 167 Å². The van der Waals surface area contributed by atoms with E-state index in [1.54, 1.807) is 25.1 Å². The third-order valence-electron chi connectivity index (χ3n) is 4.94. The van der Waals surface area contributed by atoms with Crippen molar-refractivity contribution in [1.29, 1.82) is 0 Å². The Kier molecular flexibility index (Phi) is 5.59. The van der Waals surface area contributed by atoms with Crippen LogP contribution in [-0.4, -0.2) is 35.6 Å². The molecule has 0 saturated heterocycles. The molecule has 29 heavy (non-hydrogen) atoms. The third-order valence-corrected chi connectivity index (χ3v) is 4.94. The highest BCUT2D eigenvalue weighted by molar-refractivity contribution is 6.45. The smallest absolute Gasteiger partial charge is 0.320 e. The maximum atomic E-state index is 12.7. The topological polar surface area (TPSA) is 108 Å². The number of aromatic nitrogens is 1. The summed E-state index contributed by atoms with van der Waals surface area (Å²) in [6, 6.07) is 14.6. The van der Waals surface area contributed by atoms with Crippen LogP contribution in [0.5, 0.6) is 0 Å². The first-order valence-corrected chi connectivity index (χ1v) is 8.93. The van der Waals surface area contributed by atoms with Gasteiger partial charge in [0, 0.05) is 23.1 Å². The van der Waals surface area contributed by atoms with E-state index in [2.05, 4.69) is 0 Å².